The molecule has 0 aliphatic carbocycles. The Bertz CT molecular complexity index is 391. The van der Waals surface area contributed by atoms with Crippen LogP contribution in [0.25, 0.3) is 0 Å². The lowest BCUT2D eigenvalue weighted by molar-refractivity contribution is 0.576. The summed E-state index contributed by atoms with van der Waals surface area (Å²) in [7, 11) is -0.704. The third-order valence-corrected chi connectivity index (χ3v) is 5.08. The van der Waals surface area contributed by atoms with E-state index in [1.54, 1.807) is 0 Å². The van der Waals surface area contributed by atoms with Crippen molar-refractivity contribution in [2.75, 3.05) is 12.3 Å². The van der Waals surface area contributed by atoms with E-state index < -0.39 is 10.8 Å². The summed E-state index contributed by atoms with van der Waals surface area (Å²) in [5.41, 5.74) is 2.58. The monoisotopic (exact) mass is 237 g/mol. The number of aryl methyl sites for hydroxylation is 1. The zero-order valence-corrected chi connectivity index (χ0v) is 10.7. The molecule has 16 heavy (non-hydrogen) atoms. The molecule has 0 bridgehead atoms. The Kier molecular flexibility index (Phi) is 3.77. The van der Waals surface area contributed by atoms with Gasteiger partial charge in [-0.2, -0.15) is 0 Å². The Morgan fingerprint density at radius 3 is 2.88 bits per heavy atom. The average Bonchev–Trinajstić information content (AvgIpc) is 2.43. The molecular weight excluding hydrogens is 218 g/mol. The second kappa shape index (κ2) is 5.11. The molecule has 2 nitrogen and oxygen atoms in total. The number of nitrogens with one attached hydrogen (secondary N) is 1. The molecule has 0 amide bonds. The quantitative estimate of drug-likeness (QED) is 0.811. The van der Waals surface area contributed by atoms with Crippen molar-refractivity contribution >= 4 is 10.8 Å². The normalized spacial score (nSPS) is 31.0. The van der Waals surface area contributed by atoms with E-state index in [4.69, 9.17) is 0 Å². The topological polar surface area (TPSA) is 29.1 Å². The van der Waals surface area contributed by atoms with Crippen molar-refractivity contribution in [3.05, 3.63) is 35.4 Å². The SMILES string of the molecule is Cc1ccccc1C1CS(=O)C(C)CCN1. The molecule has 1 aliphatic heterocycles. The van der Waals surface area contributed by atoms with Crippen LogP contribution in [0.5, 0.6) is 0 Å². The summed E-state index contributed by atoms with van der Waals surface area (Å²) in [6.07, 6.45) is 1.01. The predicted molar refractivity (Wildman–Crippen MR) is 69.0 cm³/mol. The molecule has 1 saturated heterocycles. The van der Waals surface area contributed by atoms with Crippen molar-refractivity contribution in [2.24, 2.45) is 0 Å². The predicted octanol–water partition coefficient (Wildman–Crippen LogP) is 2.17. The minimum Gasteiger partial charge on any atom is -0.309 e. The molecular formula is C13H19NOS. The number of rotatable bonds is 1. The second-order valence-corrected chi connectivity index (χ2v) is 6.41. The Hall–Kier alpha value is -0.670. The lowest BCUT2D eigenvalue weighted by atomic mass is 10.0. The highest BCUT2D eigenvalue weighted by Gasteiger charge is 2.23. The van der Waals surface area contributed by atoms with Gasteiger partial charge in [-0.15, -0.1) is 0 Å². The van der Waals surface area contributed by atoms with Crippen LogP contribution in [0, 0.1) is 6.92 Å². The molecule has 1 aliphatic rings. The minimum atomic E-state index is -0.704. The molecule has 0 saturated carbocycles. The highest BCUT2D eigenvalue weighted by atomic mass is 32.2. The van der Waals surface area contributed by atoms with Crippen LogP contribution in [0.15, 0.2) is 24.3 Å². The number of benzene rings is 1. The van der Waals surface area contributed by atoms with Crippen molar-refractivity contribution in [1.29, 1.82) is 0 Å². The summed E-state index contributed by atoms with van der Waals surface area (Å²) in [4.78, 5) is 0. The maximum absolute atomic E-state index is 12.0. The summed E-state index contributed by atoms with van der Waals surface area (Å²) in [6, 6.07) is 8.62. The lowest BCUT2D eigenvalue weighted by Gasteiger charge is -2.17. The van der Waals surface area contributed by atoms with Gasteiger partial charge >= 0.3 is 0 Å². The summed E-state index contributed by atoms with van der Waals surface area (Å²) in [5.74, 6) is 0.742. The first-order valence-corrected chi connectivity index (χ1v) is 7.23. The van der Waals surface area contributed by atoms with Gasteiger partial charge in [0.2, 0.25) is 0 Å². The van der Waals surface area contributed by atoms with Crippen LogP contribution in [-0.2, 0) is 10.8 Å². The van der Waals surface area contributed by atoms with Crippen molar-refractivity contribution in [1.82, 2.24) is 5.32 Å². The van der Waals surface area contributed by atoms with Gasteiger partial charge in [-0.25, -0.2) is 0 Å². The summed E-state index contributed by atoms with van der Waals surface area (Å²) >= 11 is 0. The van der Waals surface area contributed by atoms with Crippen molar-refractivity contribution < 1.29 is 4.21 Å². The molecule has 0 spiro atoms. The van der Waals surface area contributed by atoms with E-state index in [1.165, 1.54) is 11.1 Å². The largest absolute Gasteiger partial charge is 0.309 e. The molecule has 88 valence electrons. The molecule has 1 N–H and O–H groups in total. The van der Waals surface area contributed by atoms with E-state index in [2.05, 4.69) is 43.4 Å². The molecule has 1 heterocycles. The van der Waals surface area contributed by atoms with E-state index in [-0.39, 0.29) is 6.04 Å². The molecule has 0 aromatic heterocycles. The maximum Gasteiger partial charge on any atom is 0.0439 e. The first kappa shape index (κ1) is 11.8. The smallest absolute Gasteiger partial charge is 0.0439 e. The highest BCUT2D eigenvalue weighted by molar-refractivity contribution is 7.85. The lowest BCUT2D eigenvalue weighted by Crippen LogP contribution is -2.24. The summed E-state index contributed by atoms with van der Waals surface area (Å²) in [5, 5.41) is 3.83. The standard InChI is InChI=1S/C13H19NOS/c1-10-5-3-4-6-12(10)13-9-16(15)11(2)7-8-14-13/h3-6,11,13-14H,7-9H2,1-2H3. The summed E-state index contributed by atoms with van der Waals surface area (Å²) in [6.45, 7) is 5.16. The van der Waals surface area contributed by atoms with E-state index in [9.17, 15) is 4.21 Å². The van der Waals surface area contributed by atoms with E-state index in [0.29, 0.717) is 5.25 Å². The highest BCUT2D eigenvalue weighted by Crippen LogP contribution is 2.22. The van der Waals surface area contributed by atoms with Crippen LogP contribution in [0.3, 0.4) is 0 Å². The Morgan fingerprint density at radius 2 is 2.12 bits per heavy atom. The third kappa shape index (κ3) is 2.53. The van der Waals surface area contributed by atoms with Gasteiger partial charge in [0.05, 0.1) is 0 Å². The van der Waals surface area contributed by atoms with Gasteiger partial charge in [-0.1, -0.05) is 31.2 Å². The Morgan fingerprint density at radius 1 is 1.38 bits per heavy atom. The fraction of sp³-hybridized carbons (Fsp3) is 0.538. The van der Waals surface area contributed by atoms with Crippen LogP contribution in [0.1, 0.15) is 30.5 Å². The molecule has 2 rings (SSSR count). The van der Waals surface area contributed by atoms with Gasteiger partial charge in [0.15, 0.2) is 0 Å². The van der Waals surface area contributed by atoms with Crippen molar-refractivity contribution in [3.8, 4) is 0 Å². The molecule has 1 aromatic carbocycles. The zero-order chi connectivity index (χ0) is 11.5. The molecule has 3 heteroatoms. The Labute approximate surface area is 99.9 Å². The fourth-order valence-electron chi connectivity index (χ4n) is 2.16. The second-order valence-electron chi connectivity index (χ2n) is 4.51. The minimum absolute atomic E-state index is 0.256. The first-order valence-electron chi connectivity index (χ1n) is 5.84. The average molecular weight is 237 g/mol. The van der Waals surface area contributed by atoms with Gasteiger partial charge in [0.25, 0.3) is 0 Å². The number of hydrogen-bond acceptors (Lipinski definition) is 2. The maximum atomic E-state index is 12.0. The van der Waals surface area contributed by atoms with E-state index >= 15 is 0 Å². The fourth-order valence-corrected chi connectivity index (χ4v) is 3.49. The van der Waals surface area contributed by atoms with Gasteiger partial charge < -0.3 is 5.32 Å². The van der Waals surface area contributed by atoms with Crippen LogP contribution in [-0.4, -0.2) is 21.8 Å². The first-order chi connectivity index (χ1) is 7.68. The van der Waals surface area contributed by atoms with Gasteiger partial charge in [0, 0.05) is 27.8 Å². The van der Waals surface area contributed by atoms with Crippen LogP contribution >= 0.6 is 0 Å². The Balaban J connectivity index is 2.21. The van der Waals surface area contributed by atoms with Crippen molar-refractivity contribution in [2.45, 2.75) is 31.6 Å². The third-order valence-electron chi connectivity index (χ3n) is 3.29. The molecule has 1 fully saturated rings. The van der Waals surface area contributed by atoms with Crippen molar-refractivity contribution in [3.63, 3.8) is 0 Å². The van der Waals surface area contributed by atoms with Crippen LogP contribution in [0.2, 0.25) is 0 Å². The summed E-state index contributed by atoms with van der Waals surface area (Å²) < 4.78 is 12.0. The zero-order valence-electron chi connectivity index (χ0n) is 9.90. The molecule has 3 unspecified atom stereocenters. The van der Waals surface area contributed by atoms with Gasteiger partial charge in [-0.05, 0) is 31.0 Å². The van der Waals surface area contributed by atoms with Crippen LogP contribution < -0.4 is 5.32 Å². The van der Waals surface area contributed by atoms with Gasteiger partial charge in [-0.3, -0.25) is 4.21 Å². The van der Waals surface area contributed by atoms with E-state index in [0.717, 1.165) is 18.7 Å². The van der Waals surface area contributed by atoms with E-state index in [1.807, 2.05) is 0 Å². The molecule has 0 radical (unpaired) electrons. The molecule has 3 atom stereocenters. The van der Waals surface area contributed by atoms with Gasteiger partial charge in [0.1, 0.15) is 0 Å². The number of hydrogen-bond donors (Lipinski definition) is 1. The molecule has 1 aromatic rings. The van der Waals surface area contributed by atoms with Crippen LogP contribution in [0.4, 0.5) is 0 Å².